The van der Waals surface area contributed by atoms with Crippen LogP contribution in [0.1, 0.15) is 0 Å². The second-order valence-corrected chi connectivity index (χ2v) is 3.18. The Balaban J connectivity index is 0.000000980. The molecule has 0 atom stereocenters. The fraction of sp³-hybridized carbons (Fsp3) is 0.111. The average Bonchev–Trinajstić information content (AvgIpc) is 2.16. The van der Waals surface area contributed by atoms with Gasteiger partial charge in [0.05, 0.1) is 5.65 Å². The Morgan fingerprint density at radius 1 is 1.53 bits per heavy atom. The third-order valence-electron chi connectivity index (χ3n) is 1.57. The fourth-order valence-corrected chi connectivity index (χ4v) is 1.31. The molecule has 0 aromatic carbocycles. The van der Waals surface area contributed by atoms with Gasteiger partial charge in [0.25, 0.3) is 0 Å². The minimum Gasteiger partial charge on any atom is -0.358 e. The van der Waals surface area contributed by atoms with Crippen LogP contribution in [0.4, 0.5) is 0 Å². The van der Waals surface area contributed by atoms with Crippen molar-refractivity contribution in [1.29, 1.82) is 0 Å². The van der Waals surface area contributed by atoms with Crippen LogP contribution in [0.5, 0.6) is 0 Å². The predicted octanol–water partition coefficient (Wildman–Crippen LogP) is 1.29. The molecule has 0 saturated heterocycles. The number of H-pyrrole nitrogens is 1. The van der Waals surface area contributed by atoms with Crippen molar-refractivity contribution in [3.8, 4) is 0 Å². The van der Waals surface area contributed by atoms with Crippen LogP contribution < -0.4 is 5.56 Å². The van der Waals surface area contributed by atoms with E-state index in [0.717, 1.165) is 5.39 Å². The second kappa shape index (κ2) is 6.03. The predicted molar refractivity (Wildman–Crippen MR) is 57.2 cm³/mol. The van der Waals surface area contributed by atoms with E-state index in [0.29, 0.717) is 10.8 Å². The molecule has 78 valence electrons. The van der Waals surface area contributed by atoms with Gasteiger partial charge in [-0.05, 0) is 12.5 Å². The Labute approximate surface area is 106 Å². The maximum Gasteiger partial charge on any atom is 2.00 e. The molecule has 0 bridgehead atoms. The molecule has 15 heavy (non-hydrogen) atoms. The zero-order chi connectivity index (χ0) is 9.26. The smallest absolute Gasteiger partial charge is 0.358 e. The van der Waals surface area contributed by atoms with Gasteiger partial charge in [0.15, 0.2) is 10.7 Å². The van der Waals surface area contributed by atoms with E-state index in [1.165, 1.54) is 11.8 Å². The Kier molecular flexibility index (Phi) is 5.76. The van der Waals surface area contributed by atoms with Gasteiger partial charge in [-0.3, -0.25) is 9.78 Å². The van der Waals surface area contributed by atoms with Gasteiger partial charge in [-0.25, -0.2) is 11.1 Å². The molecule has 0 aliphatic carbocycles. The SMILES string of the molecule is CSc1ncc2c[c-]c(=O)[nH]c2n1.[CH3-].[W+2]. The first-order valence-corrected chi connectivity index (χ1v) is 4.84. The van der Waals surface area contributed by atoms with E-state index in [1.54, 1.807) is 12.3 Å². The van der Waals surface area contributed by atoms with Gasteiger partial charge >= 0.3 is 21.1 Å². The van der Waals surface area contributed by atoms with E-state index in [1.807, 2.05) is 6.26 Å². The Morgan fingerprint density at radius 2 is 2.27 bits per heavy atom. The van der Waals surface area contributed by atoms with Gasteiger partial charge in [0, 0.05) is 0 Å². The molecule has 0 aliphatic rings. The van der Waals surface area contributed by atoms with E-state index in [9.17, 15) is 4.79 Å². The third-order valence-corrected chi connectivity index (χ3v) is 2.13. The van der Waals surface area contributed by atoms with Crippen molar-refractivity contribution >= 4 is 22.8 Å². The normalized spacial score (nSPS) is 9.13. The van der Waals surface area contributed by atoms with Crippen molar-refractivity contribution in [3.63, 3.8) is 0 Å². The molecule has 4 nitrogen and oxygen atoms in total. The van der Waals surface area contributed by atoms with Crippen molar-refractivity contribution in [3.05, 3.63) is 36.1 Å². The van der Waals surface area contributed by atoms with Crippen molar-refractivity contribution in [2.75, 3.05) is 6.26 Å². The largest absolute Gasteiger partial charge is 2.00 e. The number of hydrogen-bond acceptors (Lipinski definition) is 4. The average molecular weight is 391 g/mol. The number of thioether (sulfide) groups is 1. The van der Waals surface area contributed by atoms with Crippen molar-refractivity contribution < 1.29 is 21.1 Å². The maximum atomic E-state index is 10.9. The van der Waals surface area contributed by atoms with Crippen LogP contribution in [0.3, 0.4) is 0 Å². The molecular formula is C9H9N3OSW. The number of aromatic amines is 1. The molecule has 0 aliphatic heterocycles. The van der Waals surface area contributed by atoms with Crippen LogP contribution >= 0.6 is 11.8 Å². The Bertz CT molecular complexity index is 500. The number of nitrogens with one attached hydrogen (secondary N) is 1. The summed E-state index contributed by atoms with van der Waals surface area (Å²) in [5.41, 5.74) is 0.293. The number of aromatic nitrogens is 3. The first kappa shape index (κ1) is 14.3. The summed E-state index contributed by atoms with van der Waals surface area (Å²) in [6, 6.07) is 4.10. The summed E-state index contributed by atoms with van der Waals surface area (Å²) in [4.78, 5) is 21.7. The number of fused-ring (bicyclic) bond motifs is 1. The first-order chi connectivity index (χ1) is 6.29. The van der Waals surface area contributed by atoms with Gasteiger partial charge < -0.3 is 12.4 Å². The second-order valence-electron chi connectivity index (χ2n) is 2.40. The van der Waals surface area contributed by atoms with Crippen molar-refractivity contribution in [2.24, 2.45) is 0 Å². The van der Waals surface area contributed by atoms with Crippen molar-refractivity contribution in [1.82, 2.24) is 15.0 Å². The molecule has 6 heteroatoms. The van der Waals surface area contributed by atoms with E-state index in [-0.39, 0.29) is 34.1 Å². The molecule has 0 spiro atoms. The maximum absolute atomic E-state index is 10.9. The van der Waals surface area contributed by atoms with Crippen LogP contribution in [0.2, 0.25) is 0 Å². The summed E-state index contributed by atoms with van der Waals surface area (Å²) in [6.07, 6.45) is 3.55. The van der Waals surface area contributed by atoms with Crippen LogP contribution in [0.25, 0.3) is 11.0 Å². The van der Waals surface area contributed by atoms with Gasteiger partial charge in [0.2, 0.25) is 0 Å². The fourth-order valence-electron chi connectivity index (χ4n) is 0.966. The van der Waals surface area contributed by atoms with Gasteiger partial charge in [-0.1, -0.05) is 11.8 Å². The van der Waals surface area contributed by atoms with Crippen LogP contribution in [-0.2, 0) is 21.1 Å². The zero-order valence-corrected chi connectivity index (χ0v) is 12.0. The van der Waals surface area contributed by atoms with E-state index in [4.69, 9.17) is 0 Å². The summed E-state index contributed by atoms with van der Waals surface area (Å²) in [6.45, 7) is 0. The summed E-state index contributed by atoms with van der Waals surface area (Å²) < 4.78 is 0. The molecule has 0 saturated carbocycles. The van der Waals surface area contributed by atoms with Gasteiger partial charge in [-0.2, -0.15) is 6.07 Å². The van der Waals surface area contributed by atoms with Crippen LogP contribution in [0.15, 0.2) is 22.2 Å². The minimum atomic E-state index is -0.266. The molecule has 2 heterocycles. The number of pyridine rings is 1. The summed E-state index contributed by atoms with van der Waals surface area (Å²) >= 11 is 1.44. The molecule has 0 fully saturated rings. The summed E-state index contributed by atoms with van der Waals surface area (Å²) in [5.74, 6) is 0. The number of rotatable bonds is 1. The Hall–Kier alpha value is -0.672. The molecule has 2 aromatic heterocycles. The van der Waals surface area contributed by atoms with E-state index >= 15 is 0 Å². The van der Waals surface area contributed by atoms with Crippen molar-refractivity contribution in [2.45, 2.75) is 5.16 Å². The molecule has 0 unspecified atom stereocenters. The summed E-state index contributed by atoms with van der Waals surface area (Å²) in [5, 5.41) is 1.44. The topological polar surface area (TPSA) is 58.6 Å². The summed E-state index contributed by atoms with van der Waals surface area (Å²) in [7, 11) is 0. The molecule has 2 rings (SSSR count). The standard InChI is InChI=1S/C8H6N3OS.CH3.W/c1-13-8-9-4-5-2-3-6(12)10-7(5)11-8;;/h2,4H,1H3,(H,9,10,11,12);1H3;/q2*-1;+2. The Morgan fingerprint density at radius 3 is 2.93 bits per heavy atom. The van der Waals surface area contributed by atoms with Gasteiger partial charge in [-0.15, -0.1) is 5.39 Å². The minimum absolute atomic E-state index is 0. The first-order valence-electron chi connectivity index (χ1n) is 3.61. The number of nitrogens with zero attached hydrogens (tertiary/aromatic N) is 2. The zero-order valence-electron chi connectivity index (χ0n) is 8.27. The monoisotopic (exact) mass is 391 g/mol. The molecular weight excluding hydrogens is 382 g/mol. The number of hydrogen-bond donors (Lipinski definition) is 1. The van der Waals surface area contributed by atoms with Crippen LogP contribution in [-0.4, -0.2) is 21.2 Å². The molecule has 0 radical (unpaired) electrons. The van der Waals surface area contributed by atoms with E-state index < -0.39 is 0 Å². The third kappa shape index (κ3) is 3.14. The molecule has 1 N–H and O–H groups in total. The quantitative estimate of drug-likeness (QED) is 0.452. The van der Waals surface area contributed by atoms with Crippen LogP contribution in [0, 0.1) is 13.5 Å². The molecule has 2 aromatic rings. The van der Waals surface area contributed by atoms with E-state index in [2.05, 4.69) is 21.0 Å². The molecule has 0 amide bonds. The van der Waals surface area contributed by atoms with Gasteiger partial charge in [0.1, 0.15) is 0 Å².